The molecule has 0 aromatic carbocycles. The smallest absolute Gasteiger partial charge is 0.312 e. The summed E-state index contributed by atoms with van der Waals surface area (Å²) in [6.45, 7) is 4.33. The molecule has 2 aliphatic heterocycles. The molecule has 1 atom stereocenters. The SMILES string of the molecule is CC1CCCN(C(=O)C(=O)N2CCC(C(N)=O)CC2)C1. The van der Waals surface area contributed by atoms with Gasteiger partial charge in [-0.3, -0.25) is 14.4 Å². The average Bonchev–Trinajstić information content (AvgIpc) is 2.46. The van der Waals surface area contributed by atoms with E-state index in [9.17, 15) is 14.4 Å². The monoisotopic (exact) mass is 281 g/mol. The minimum Gasteiger partial charge on any atom is -0.369 e. The van der Waals surface area contributed by atoms with Crippen molar-refractivity contribution in [1.29, 1.82) is 0 Å². The number of nitrogens with two attached hydrogens (primary N) is 1. The van der Waals surface area contributed by atoms with Crippen LogP contribution in [0.5, 0.6) is 0 Å². The highest BCUT2D eigenvalue weighted by molar-refractivity contribution is 6.34. The molecule has 1 unspecified atom stereocenters. The summed E-state index contributed by atoms with van der Waals surface area (Å²) >= 11 is 0. The summed E-state index contributed by atoms with van der Waals surface area (Å²) in [6, 6.07) is 0. The molecule has 2 heterocycles. The molecule has 0 spiro atoms. The third kappa shape index (κ3) is 3.29. The number of amides is 3. The third-order valence-corrected chi connectivity index (χ3v) is 4.31. The van der Waals surface area contributed by atoms with E-state index >= 15 is 0 Å². The highest BCUT2D eigenvalue weighted by Crippen LogP contribution is 2.19. The average molecular weight is 281 g/mol. The summed E-state index contributed by atoms with van der Waals surface area (Å²) < 4.78 is 0. The van der Waals surface area contributed by atoms with Crippen LogP contribution < -0.4 is 5.73 Å². The maximum absolute atomic E-state index is 12.2. The van der Waals surface area contributed by atoms with E-state index in [1.807, 2.05) is 0 Å². The highest BCUT2D eigenvalue weighted by atomic mass is 16.2. The van der Waals surface area contributed by atoms with Crippen molar-refractivity contribution in [2.45, 2.75) is 32.6 Å². The minimum atomic E-state index is -0.429. The number of primary amides is 1. The molecule has 0 aromatic rings. The van der Waals surface area contributed by atoms with Crippen LogP contribution in [0.25, 0.3) is 0 Å². The first-order valence-electron chi connectivity index (χ1n) is 7.36. The summed E-state index contributed by atoms with van der Waals surface area (Å²) in [5, 5.41) is 0. The molecule has 6 heteroatoms. The number of likely N-dealkylation sites (tertiary alicyclic amines) is 2. The first-order chi connectivity index (χ1) is 9.49. The molecular formula is C14H23N3O3. The molecule has 2 aliphatic rings. The molecule has 2 saturated heterocycles. The second-order valence-corrected chi connectivity index (χ2v) is 5.97. The zero-order chi connectivity index (χ0) is 14.7. The molecule has 2 fully saturated rings. The fraction of sp³-hybridized carbons (Fsp3) is 0.786. The quantitative estimate of drug-likeness (QED) is 0.685. The van der Waals surface area contributed by atoms with Gasteiger partial charge in [-0.1, -0.05) is 6.92 Å². The van der Waals surface area contributed by atoms with Crippen LogP contribution in [-0.4, -0.2) is 53.7 Å². The Morgan fingerprint density at radius 1 is 0.950 bits per heavy atom. The van der Waals surface area contributed by atoms with Crippen molar-refractivity contribution in [1.82, 2.24) is 9.80 Å². The Hall–Kier alpha value is -1.59. The highest BCUT2D eigenvalue weighted by Gasteiger charge is 2.32. The summed E-state index contributed by atoms with van der Waals surface area (Å²) in [5.41, 5.74) is 5.26. The van der Waals surface area contributed by atoms with Gasteiger partial charge >= 0.3 is 11.8 Å². The first kappa shape index (κ1) is 14.8. The molecule has 6 nitrogen and oxygen atoms in total. The van der Waals surface area contributed by atoms with E-state index in [0.717, 1.165) is 12.8 Å². The molecule has 0 aromatic heterocycles. The van der Waals surface area contributed by atoms with E-state index in [4.69, 9.17) is 5.73 Å². The van der Waals surface area contributed by atoms with Crippen molar-refractivity contribution in [2.24, 2.45) is 17.6 Å². The Kier molecular flexibility index (Phi) is 4.62. The van der Waals surface area contributed by atoms with Gasteiger partial charge in [0.1, 0.15) is 0 Å². The van der Waals surface area contributed by atoms with Gasteiger partial charge in [0.2, 0.25) is 5.91 Å². The van der Waals surface area contributed by atoms with Crippen molar-refractivity contribution in [2.75, 3.05) is 26.2 Å². The molecule has 0 aliphatic carbocycles. The van der Waals surface area contributed by atoms with Crippen LogP contribution in [0.4, 0.5) is 0 Å². The Bertz CT molecular complexity index is 402. The number of carbonyl (C=O) groups is 3. The van der Waals surface area contributed by atoms with Gasteiger partial charge in [-0.2, -0.15) is 0 Å². The van der Waals surface area contributed by atoms with E-state index < -0.39 is 11.8 Å². The molecule has 0 saturated carbocycles. The molecule has 112 valence electrons. The van der Waals surface area contributed by atoms with Crippen LogP contribution in [-0.2, 0) is 14.4 Å². The van der Waals surface area contributed by atoms with E-state index in [2.05, 4.69) is 6.92 Å². The first-order valence-corrected chi connectivity index (χ1v) is 7.36. The molecule has 3 amide bonds. The van der Waals surface area contributed by atoms with Gasteiger partial charge in [-0.15, -0.1) is 0 Å². The lowest BCUT2D eigenvalue weighted by molar-refractivity contribution is -0.153. The van der Waals surface area contributed by atoms with Gasteiger partial charge in [-0.25, -0.2) is 0 Å². The summed E-state index contributed by atoms with van der Waals surface area (Å²) in [6.07, 6.45) is 3.20. The van der Waals surface area contributed by atoms with Gasteiger partial charge in [0.25, 0.3) is 0 Å². The summed E-state index contributed by atoms with van der Waals surface area (Å²) in [5.74, 6) is -0.838. The van der Waals surface area contributed by atoms with Crippen molar-refractivity contribution in [3.63, 3.8) is 0 Å². The summed E-state index contributed by atoms with van der Waals surface area (Å²) in [7, 11) is 0. The van der Waals surface area contributed by atoms with Crippen molar-refractivity contribution in [3.05, 3.63) is 0 Å². The fourth-order valence-electron chi connectivity index (χ4n) is 3.01. The third-order valence-electron chi connectivity index (χ3n) is 4.31. The Morgan fingerprint density at radius 2 is 1.55 bits per heavy atom. The Morgan fingerprint density at radius 3 is 2.10 bits per heavy atom. The van der Waals surface area contributed by atoms with Crippen LogP contribution in [0, 0.1) is 11.8 Å². The predicted octanol–water partition coefficient (Wildman–Crippen LogP) is -0.0312. The molecule has 2 N–H and O–H groups in total. The lowest BCUT2D eigenvalue weighted by Gasteiger charge is -2.34. The van der Waals surface area contributed by atoms with Gasteiger partial charge in [0.15, 0.2) is 0 Å². The molecule has 0 radical (unpaired) electrons. The molecule has 2 rings (SSSR count). The van der Waals surface area contributed by atoms with Gasteiger partial charge in [0.05, 0.1) is 0 Å². The van der Waals surface area contributed by atoms with Crippen LogP contribution >= 0.6 is 0 Å². The van der Waals surface area contributed by atoms with Crippen LogP contribution in [0.1, 0.15) is 32.6 Å². The maximum atomic E-state index is 12.2. The van der Waals surface area contributed by atoms with E-state index in [-0.39, 0.29) is 11.8 Å². The van der Waals surface area contributed by atoms with Gasteiger partial charge in [0, 0.05) is 32.1 Å². The number of piperidine rings is 2. The van der Waals surface area contributed by atoms with Crippen molar-refractivity contribution >= 4 is 17.7 Å². The second-order valence-electron chi connectivity index (χ2n) is 5.97. The number of rotatable bonds is 1. The van der Waals surface area contributed by atoms with Crippen molar-refractivity contribution < 1.29 is 14.4 Å². The lowest BCUT2D eigenvalue weighted by atomic mass is 9.96. The molecule has 0 bridgehead atoms. The van der Waals surface area contributed by atoms with E-state index in [0.29, 0.717) is 44.9 Å². The Balaban J connectivity index is 1.88. The zero-order valence-corrected chi connectivity index (χ0v) is 12.0. The number of hydrogen-bond donors (Lipinski definition) is 1. The minimum absolute atomic E-state index is 0.163. The second kappa shape index (κ2) is 6.24. The number of nitrogens with zero attached hydrogens (tertiary/aromatic N) is 2. The van der Waals surface area contributed by atoms with E-state index in [1.54, 1.807) is 9.80 Å². The molecule has 20 heavy (non-hydrogen) atoms. The lowest BCUT2D eigenvalue weighted by Crippen LogP contribution is -2.51. The number of hydrogen-bond acceptors (Lipinski definition) is 3. The van der Waals surface area contributed by atoms with Crippen LogP contribution in [0.3, 0.4) is 0 Å². The summed E-state index contributed by atoms with van der Waals surface area (Å²) in [4.78, 5) is 38.7. The van der Waals surface area contributed by atoms with Crippen LogP contribution in [0.15, 0.2) is 0 Å². The normalized spacial score (nSPS) is 24.6. The van der Waals surface area contributed by atoms with Gasteiger partial charge in [-0.05, 0) is 31.6 Å². The largest absolute Gasteiger partial charge is 0.369 e. The zero-order valence-electron chi connectivity index (χ0n) is 12.0. The number of carbonyl (C=O) groups excluding carboxylic acids is 3. The van der Waals surface area contributed by atoms with E-state index in [1.165, 1.54) is 0 Å². The fourth-order valence-corrected chi connectivity index (χ4v) is 3.01. The topological polar surface area (TPSA) is 83.7 Å². The Labute approximate surface area is 119 Å². The van der Waals surface area contributed by atoms with Crippen molar-refractivity contribution in [3.8, 4) is 0 Å². The standard InChI is InChI=1S/C14H23N3O3/c1-10-3-2-6-17(9-10)14(20)13(19)16-7-4-11(5-8-16)12(15)18/h10-11H,2-9H2,1H3,(H2,15,18). The maximum Gasteiger partial charge on any atom is 0.312 e. The molecular weight excluding hydrogens is 258 g/mol. The van der Waals surface area contributed by atoms with Crippen LogP contribution in [0.2, 0.25) is 0 Å². The van der Waals surface area contributed by atoms with Gasteiger partial charge < -0.3 is 15.5 Å². The predicted molar refractivity (Wildman–Crippen MR) is 73.5 cm³/mol.